The second kappa shape index (κ2) is 5.20. The van der Waals surface area contributed by atoms with Crippen molar-refractivity contribution in [3.63, 3.8) is 0 Å². The zero-order valence-corrected chi connectivity index (χ0v) is 6.60. The van der Waals surface area contributed by atoms with Crippen molar-refractivity contribution < 1.29 is 9.53 Å². The number of esters is 1. The lowest BCUT2D eigenvalue weighted by Gasteiger charge is -2.12. The zero-order chi connectivity index (χ0) is 7.98. The number of carbonyl (C=O) groups excluding carboxylic acids is 1. The van der Waals surface area contributed by atoms with Gasteiger partial charge in [0.1, 0.15) is 0 Å². The van der Waals surface area contributed by atoms with Gasteiger partial charge in [0, 0.05) is 0 Å². The molecule has 0 radical (unpaired) electrons. The fourth-order valence-electron chi connectivity index (χ4n) is 0.606. The normalized spacial score (nSPS) is 10.0. The maximum absolute atomic E-state index is 10.9. The standard InChI is InChI=1S/C6H14N2O2/c1-4-10-6(9)5(7-2)8-3/h5,7-8H,4H2,1-3H3. The third kappa shape index (κ3) is 2.80. The monoisotopic (exact) mass is 146 g/mol. The van der Waals surface area contributed by atoms with Crippen molar-refractivity contribution in [3.05, 3.63) is 0 Å². The predicted octanol–water partition coefficient (Wildman–Crippen LogP) is -0.686. The van der Waals surface area contributed by atoms with Gasteiger partial charge in [-0.25, -0.2) is 4.79 Å². The summed E-state index contributed by atoms with van der Waals surface area (Å²) in [6.07, 6.45) is -0.389. The Labute approximate surface area is 60.9 Å². The Morgan fingerprint density at radius 1 is 1.50 bits per heavy atom. The van der Waals surface area contributed by atoms with Crippen LogP contribution in [-0.4, -0.2) is 32.8 Å². The molecular weight excluding hydrogens is 132 g/mol. The van der Waals surface area contributed by atoms with Gasteiger partial charge in [0.2, 0.25) is 0 Å². The van der Waals surface area contributed by atoms with Crippen molar-refractivity contribution in [2.45, 2.75) is 13.1 Å². The molecule has 60 valence electrons. The Bertz CT molecular complexity index is 102. The third-order valence-electron chi connectivity index (χ3n) is 1.10. The van der Waals surface area contributed by atoms with E-state index in [9.17, 15) is 4.79 Å². The smallest absolute Gasteiger partial charge is 0.338 e. The summed E-state index contributed by atoms with van der Waals surface area (Å²) in [4.78, 5) is 10.9. The predicted molar refractivity (Wildman–Crippen MR) is 38.5 cm³/mol. The van der Waals surface area contributed by atoms with E-state index in [1.165, 1.54) is 0 Å². The highest BCUT2D eigenvalue weighted by atomic mass is 16.5. The summed E-state index contributed by atoms with van der Waals surface area (Å²) in [6, 6.07) is 0. The second-order valence-electron chi connectivity index (χ2n) is 1.76. The molecular formula is C6H14N2O2. The minimum Gasteiger partial charge on any atom is -0.464 e. The number of ether oxygens (including phenoxy) is 1. The van der Waals surface area contributed by atoms with Crippen molar-refractivity contribution in [1.82, 2.24) is 10.6 Å². The average Bonchev–Trinajstić information content (AvgIpc) is 1.91. The maximum Gasteiger partial charge on any atom is 0.338 e. The van der Waals surface area contributed by atoms with Crippen LogP contribution in [0, 0.1) is 0 Å². The molecule has 0 amide bonds. The van der Waals surface area contributed by atoms with Gasteiger partial charge < -0.3 is 4.74 Å². The Morgan fingerprint density at radius 2 is 2.00 bits per heavy atom. The van der Waals surface area contributed by atoms with Gasteiger partial charge in [0.15, 0.2) is 6.17 Å². The van der Waals surface area contributed by atoms with Crippen LogP contribution in [0.5, 0.6) is 0 Å². The van der Waals surface area contributed by atoms with Crippen LogP contribution < -0.4 is 10.6 Å². The SMILES string of the molecule is CCOC(=O)C(NC)NC. The van der Waals surface area contributed by atoms with Gasteiger partial charge in [-0.1, -0.05) is 0 Å². The number of rotatable bonds is 4. The van der Waals surface area contributed by atoms with E-state index in [4.69, 9.17) is 4.74 Å². The molecule has 0 bridgehead atoms. The van der Waals surface area contributed by atoms with Gasteiger partial charge in [-0.15, -0.1) is 0 Å². The Balaban J connectivity index is 3.65. The summed E-state index contributed by atoms with van der Waals surface area (Å²) >= 11 is 0. The molecule has 10 heavy (non-hydrogen) atoms. The van der Waals surface area contributed by atoms with Crippen LogP contribution in [0.1, 0.15) is 6.92 Å². The van der Waals surface area contributed by atoms with E-state index < -0.39 is 0 Å². The Hall–Kier alpha value is -0.610. The number of hydrogen-bond acceptors (Lipinski definition) is 4. The van der Waals surface area contributed by atoms with Crippen LogP contribution in [0.25, 0.3) is 0 Å². The molecule has 0 atom stereocenters. The van der Waals surface area contributed by atoms with Crippen LogP contribution in [0.4, 0.5) is 0 Å². The van der Waals surface area contributed by atoms with Crippen LogP contribution >= 0.6 is 0 Å². The van der Waals surface area contributed by atoms with E-state index in [0.717, 1.165) is 0 Å². The van der Waals surface area contributed by atoms with Crippen LogP contribution in [0.2, 0.25) is 0 Å². The van der Waals surface area contributed by atoms with Crippen LogP contribution in [0.15, 0.2) is 0 Å². The lowest BCUT2D eigenvalue weighted by molar-refractivity contribution is -0.146. The second-order valence-corrected chi connectivity index (χ2v) is 1.76. The van der Waals surface area contributed by atoms with Gasteiger partial charge in [0.05, 0.1) is 6.61 Å². The molecule has 0 fully saturated rings. The molecule has 0 heterocycles. The van der Waals surface area contributed by atoms with Crippen LogP contribution in [0.3, 0.4) is 0 Å². The van der Waals surface area contributed by atoms with Crippen molar-refractivity contribution in [2.24, 2.45) is 0 Å². The molecule has 0 unspecified atom stereocenters. The Kier molecular flexibility index (Phi) is 4.88. The molecule has 4 heteroatoms. The number of nitrogens with one attached hydrogen (secondary N) is 2. The highest BCUT2D eigenvalue weighted by molar-refractivity contribution is 5.75. The first-order valence-electron chi connectivity index (χ1n) is 3.27. The number of hydrogen-bond donors (Lipinski definition) is 2. The van der Waals surface area contributed by atoms with E-state index in [1.54, 1.807) is 21.0 Å². The van der Waals surface area contributed by atoms with Crippen molar-refractivity contribution in [1.29, 1.82) is 0 Å². The lowest BCUT2D eigenvalue weighted by atomic mass is 10.5. The van der Waals surface area contributed by atoms with Gasteiger partial charge in [-0.2, -0.15) is 0 Å². The molecule has 2 N–H and O–H groups in total. The highest BCUT2D eigenvalue weighted by Crippen LogP contribution is 1.81. The first-order valence-corrected chi connectivity index (χ1v) is 3.27. The fourth-order valence-corrected chi connectivity index (χ4v) is 0.606. The zero-order valence-electron chi connectivity index (χ0n) is 6.60. The summed E-state index contributed by atoms with van der Waals surface area (Å²) < 4.78 is 4.72. The van der Waals surface area contributed by atoms with E-state index in [2.05, 4.69) is 10.6 Å². The van der Waals surface area contributed by atoms with Crippen molar-refractivity contribution in [3.8, 4) is 0 Å². The van der Waals surface area contributed by atoms with E-state index in [1.807, 2.05) is 0 Å². The third-order valence-corrected chi connectivity index (χ3v) is 1.10. The highest BCUT2D eigenvalue weighted by Gasteiger charge is 2.13. The molecule has 0 aliphatic rings. The molecule has 0 saturated heterocycles. The number of likely N-dealkylation sites (N-methyl/N-ethyl adjacent to an activating group) is 2. The molecule has 0 aliphatic carbocycles. The summed E-state index contributed by atoms with van der Waals surface area (Å²) in [5, 5.41) is 5.50. The van der Waals surface area contributed by atoms with Gasteiger partial charge >= 0.3 is 5.97 Å². The first-order chi connectivity index (χ1) is 4.76. The summed E-state index contributed by atoms with van der Waals surface area (Å²) in [5.74, 6) is -0.271. The van der Waals surface area contributed by atoms with Gasteiger partial charge in [-0.3, -0.25) is 10.6 Å². The largest absolute Gasteiger partial charge is 0.464 e. The molecule has 0 aromatic heterocycles. The average molecular weight is 146 g/mol. The first kappa shape index (κ1) is 9.39. The number of carbonyl (C=O) groups is 1. The quantitative estimate of drug-likeness (QED) is 0.407. The van der Waals surface area contributed by atoms with Gasteiger partial charge in [0.25, 0.3) is 0 Å². The summed E-state index contributed by atoms with van der Waals surface area (Å²) in [6.45, 7) is 2.19. The Morgan fingerprint density at radius 3 is 2.30 bits per heavy atom. The summed E-state index contributed by atoms with van der Waals surface area (Å²) in [5.41, 5.74) is 0. The van der Waals surface area contributed by atoms with E-state index in [-0.39, 0.29) is 12.1 Å². The van der Waals surface area contributed by atoms with Crippen LogP contribution in [-0.2, 0) is 9.53 Å². The minimum absolute atomic E-state index is 0.271. The molecule has 4 nitrogen and oxygen atoms in total. The topological polar surface area (TPSA) is 50.4 Å². The fraction of sp³-hybridized carbons (Fsp3) is 0.833. The summed E-state index contributed by atoms with van der Waals surface area (Å²) in [7, 11) is 3.39. The van der Waals surface area contributed by atoms with Crippen molar-refractivity contribution in [2.75, 3.05) is 20.7 Å². The van der Waals surface area contributed by atoms with Crippen molar-refractivity contribution >= 4 is 5.97 Å². The molecule has 0 saturated carbocycles. The van der Waals surface area contributed by atoms with E-state index >= 15 is 0 Å². The minimum atomic E-state index is -0.389. The molecule has 0 rings (SSSR count). The van der Waals surface area contributed by atoms with Gasteiger partial charge in [-0.05, 0) is 21.0 Å². The molecule has 0 aliphatic heterocycles. The molecule has 0 aromatic carbocycles. The van der Waals surface area contributed by atoms with E-state index in [0.29, 0.717) is 6.61 Å². The molecule has 0 spiro atoms. The molecule has 0 aromatic rings. The maximum atomic E-state index is 10.9. The lowest BCUT2D eigenvalue weighted by Crippen LogP contribution is -2.45.